The number of carbonyl (C=O) groups is 1. The molecule has 2 N–H and O–H groups in total. The van der Waals surface area contributed by atoms with Crippen molar-refractivity contribution in [2.45, 2.75) is 6.42 Å². The summed E-state index contributed by atoms with van der Waals surface area (Å²) in [6.07, 6.45) is 1.08. The average molecular weight is 130 g/mol. The molecule has 1 rings (SSSR count). The summed E-state index contributed by atoms with van der Waals surface area (Å²) in [6, 6.07) is -0.163. The molecule has 0 aliphatic carbocycles. The van der Waals surface area contributed by atoms with E-state index in [2.05, 4.69) is 5.32 Å². The number of aliphatic hydroxyl groups excluding tert-OH is 1. The summed E-state index contributed by atoms with van der Waals surface area (Å²) in [5.74, 6) is 0. The monoisotopic (exact) mass is 130 g/mol. The standard InChI is InChI=1S/C5H10N2O2/c8-4-6-5(9)7-2-1-3-7/h8H,1-4H2,(H,6,9). The van der Waals surface area contributed by atoms with E-state index in [-0.39, 0.29) is 12.8 Å². The number of carbonyl (C=O) groups excluding carboxylic acids is 1. The van der Waals surface area contributed by atoms with Crippen molar-refractivity contribution in [1.29, 1.82) is 0 Å². The highest BCUT2D eigenvalue weighted by Crippen LogP contribution is 2.04. The second-order valence-corrected chi connectivity index (χ2v) is 1.98. The molecule has 4 heteroatoms. The Morgan fingerprint density at radius 3 is 2.67 bits per heavy atom. The minimum atomic E-state index is -0.269. The fraction of sp³-hybridized carbons (Fsp3) is 0.800. The summed E-state index contributed by atoms with van der Waals surface area (Å²) in [5.41, 5.74) is 0. The zero-order valence-corrected chi connectivity index (χ0v) is 5.13. The van der Waals surface area contributed by atoms with Crippen LogP contribution in [0.2, 0.25) is 0 Å². The van der Waals surface area contributed by atoms with Crippen molar-refractivity contribution in [3.63, 3.8) is 0 Å². The first-order valence-electron chi connectivity index (χ1n) is 2.98. The molecule has 9 heavy (non-hydrogen) atoms. The van der Waals surface area contributed by atoms with Gasteiger partial charge >= 0.3 is 6.03 Å². The van der Waals surface area contributed by atoms with E-state index in [1.165, 1.54) is 0 Å². The molecule has 1 heterocycles. The fourth-order valence-electron chi connectivity index (χ4n) is 0.699. The van der Waals surface area contributed by atoms with Crippen LogP contribution in [0.25, 0.3) is 0 Å². The van der Waals surface area contributed by atoms with Crippen molar-refractivity contribution in [1.82, 2.24) is 10.2 Å². The summed E-state index contributed by atoms with van der Waals surface area (Å²) >= 11 is 0. The lowest BCUT2D eigenvalue weighted by Gasteiger charge is -2.30. The molecule has 1 aliphatic rings. The third kappa shape index (κ3) is 1.32. The van der Waals surface area contributed by atoms with Crippen LogP contribution >= 0.6 is 0 Å². The molecule has 0 aromatic heterocycles. The van der Waals surface area contributed by atoms with Crippen LogP contribution < -0.4 is 5.32 Å². The number of aliphatic hydroxyl groups is 1. The zero-order chi connectivity index (χ0) is 6.69. The Kier molecular flexibility index (Phi) is 1.89. The van der Waals surface area contributed by atoms with E-state index in [1.54, 1.807) is 4.90 Å². The van der Waals surface area contributed by atoms with Gasteiger partial charge in [0.15, 0.2) is 0 Å². The smallest absolute Gasteiger partial charge is 0.319 e. The maximum absolute atomic E-state index is 10.7. The third-order valence-electron chi connectivity index (χ3n) is 1.37. The Balaban J connectivity index is 2.16. The molecule has 0 radical (unpaired) electrons. The molecule has 1 fully saturated rings. The lowest BCUT2D eigenvalue weighted by molar-refractivity contribution is 0.154. The van der Waals surface area contributed by atoms with Crippen LogP contribution in [-0.2, 0) is 0 Å². The van der Waals surface area contributed by atoms with Crippen LogP contribution in [0.15, 0.2) is 0 Å². The van der Waals surface area contributed by atoms with Crippen LogP contribution in [0.5, 0.6) is 0 Å². The Morgan fingerprint density at radius 2 is 2.33 bits per heavy atom. The van der Waals surface area contributed by atoms with Crippen molar-refractivity contribution in [2.24, 2.45) is 0 Å². The summed E-state index contributed by atoms with van der Waals surface area (Å²) in [6.45, 7) is 1.38. The maximum Gasteiger partial charge on any atom is 0.319 e. The lowest BCUT2D eigenvalue weighted by atomic mass is 10.2. The van der Waals surface area contributed by atoms with Gasteiger partial charge in [0.2, 0.25) is 0 Å². The maximum atomic E-state index is 10.7. The van der Waals surface area contributed by atoms with Crippen molar-refractivity contribution >= 4 is 6.03 Å². The quantitative estimate of drug-likeness (QED) is 0.463. The molecular weight excluding hydrogens is 120 g/mol. The predicted octanol–water partition coefficient (Wildman–Crippen LogP) is -0.649. The number of amides is 2. The summed E-state index contributed by atoms with van der Waals surface area (Å²) in [5, 5.41) is 10.5. The predicted molar refractivity (Wildman–Crippen MR) is 31.8 cm³/mol. The van der Waals surface area contributed by atoms with Crippen molar-refractivity contribution in [2.75, 3.05) is 19.8 Å². The molecule has 4 nitrogen and oxygen atoms in total. The molecule has 1 saturated heterocycles. The number of rotatable bonds is 1. The van der Waals surface area contributed by atoms with Gasteiger partial charge in [0.05, 0.1) is 0 Å². The van der Waals surface area contributed by atoms with Gasteiger partial charge in [0, 0.05) is 13.1 Å². The van der Waals surface area contributed by atoms with Gasteiger partial charge in [-0.2, -0.15) is 0 Å². The Bertz CT molecular complexity index is 112. The fourth-order valence-corrected chi connectivity index (χ4v) is 0.699. The van der Waals surface area contributed by atoms with E-state index >= 15 is 0 Å². The third-order valence-corrected chi connectivity index (χ3v) is 1.37. The van der Waals surface area contributed by atoms with Gasteiger partial charge in [-0.1, -0.05) is 0 Å². The van der Waals surface area contributed by atoms with E-state index in [0.717, 1.165) is 19.5 Å². The number of urea groups is 1. The molecule has 1 aliphatic heterocycles. The first-order chi connectivity index (χ1) is 4.34. The normalized spacial score (nSPS) is 16.8. The first kappa shape index (κ1) is 6.35. The van der Waals surface area contributed by atoms with Crippen LogP contribution in [0.3, 0.4) is 0 Å². The van der Waals surface area contributed by atoms with Gasteiger partial charge in [-0.25, -0.2) is 4.79 Å². The average Bonchev–Trinajstić information content (AvgIpc) is 1.60. The topological polar surface area (TPSA) is 52.6 Å². The molecule has 0 saturated carbocycles. The second kappa shape index (κ2) is 2.68. The van der Waals surface area contributed by atoms with Gasteiger partial charge in [0.25, 0.3) is 0 Å². The number of nitrogens with zero attached hydrogens (tertiary/aromatic N) is 1. The molecule has 2 amide bonds. The van der Waals surface area contributed by atoms with E-state index in [0.29, 0.717) is 0 Å². The minimum Gasteiger partial charge on any atom is -0.376 e. The largest absolute Gasteiger partial charge is 0.376 e. The SMILES string of the molecule is O=C(NCO)N1CCC1. The van der Waals surface area contributed by atoms with Crippen LogP contribution in [0.1, 0.15) is 6.42 Å². The molecule has 0 unspecified atom stereocenters. The van der Waals surface area contributed by atoms with Gasteiger partial charge in [-0.15, -0.1) is 0 Å². The van der Waals surface area contributed by atoms with Crippen LogP contribution in [0.4, 0.5) is 4.79 Å². The summed E-state index contributed by atoms with van der Waals surface area (Å²) in [4.78, 5) is 12.3. The number of hydrogen-bond acceptors (Lipinski definition) is 2. The molecule has 0 aromatic carbocycles. The number of hydrogen-bond donors (Lipinski definition) is 2. The Labute approximate surface area is 53.5 Å². The van der Waals surface area contributed by atoms with Crippen molar-refractivity contribution < 1.29 is 9.90 Å². The summed E-state index contributed by atoms with van der Waals surface area (Å²) < 4.78 is 0. The van der Waals surface area contributed by atoms with E-state index in [9.17, 15) is 4.79 Å². The minimum absolute atomic E-state index is 0.163. The van der Waals surface area contributed by atoms with Gasteiger partial charge in [0.1, 0.15) is 6.73 Å². The second-order valence-electron chi connectivity index (χ2n) is 1.98. The number of nitrogens with one attached hydrogen (secondary N) is 1. The van der Waals surface area contributed by atoms with E-state index in [4.69, 9.17) is 5.11 Å². The van der Waals surface area contributed by atoms with Crippen molar-refractivity contribution in [3.05, 3.63) is 0 Å². The highest BCUT2D eigenvalue weighted by atomic mass is 16.3. The molecule has 52 valence electrons. The Morgan fingerprint density at radius 1 is 1.67 bits per heavy atom. The van der Waals surface area contributed by atoms with E-state index < -0.39 is 0 Å². The van der Waals surface area contributed by atoms with E-state index in [1.807, 2.05) is 0 Å². The molecular formula is C5H10N2O2. The molecule has 0 atom stereocenters. The highest BCUT2D eigenvalue weighted by molar-refractivity contribution is 5.74. The van der Waals surface area contributed by atoms with Gasteiger partial charge < -0.3 is 15.3 Å². The molecule has 0 spiro atoms. The lowest BCUT2D eigenvalue weighted by Crippen LogP contribution is -2.47. The van der Waals surface area contributed by atoms with Crippen molar-refractivity contribution in [3.8, 4) is 0 Å². The highest BCUT2D eigenvalue weighted by Gasteiger charge is 2.18. The first-order valence-corrected chi connectivity index (χ1v) is 2.98. The molecule has 0 bridgehead atoms. The molecule has 0 aromatic rings. The summed E-state index contributed by atoms with van der Waals surface area (Å²) in [7, 11) is 0. The van der Waals surface area contributed by atoms with Crippen LogP contribution in [0, 0.1) is 0 Å². The Hall–Kier alpha value is -0.770. The van der Waals surface area contributed by atoms with Gasteiger partial charge in [-0.3, -0.25) is 0 Å². The number of likely N-dealkylation sites (tertiary alicyclic amines) is 1. The van der Waals surface area contributed by atoms with Gasteiger partial charge in [-0.05, 0) is 6.42 Å². The zero-order valence-electron chi connectivity index (χ0n) is 5.13. The van der Waals surface area contributed by atoms with Crippen LogP contribution in [-0.4, -0.2) is 35.9 Å².